The highest BCUT2D eigenvalue weighted by Crippen LogP contribution is 2.19. The molecule has 0 aliphatic heterocycles. The van der Waals surface area contributed by atoms with Gasteiger partial charge in [0.25, 0.3) is 0 Å². The number of rotatable bonds is 2. The molecule has 15 heavy (non-hydrogen) atoms. The molecular weight excluding hydrogens is 188 g/mol. The molecule has 2 aromatic heterocycles. The zero-order chi connectivity index (χ0) is 10.8. The Balaban J connectivity index is 2.47. The smallest absolute Gasteiger partial charge is 0.163 e. The van der Waals surface area contributed by atoms with Gasteiger partial charge in [-0.1, -0.05) is 13.8 Å². The molecule has 0 atom stereocenters. The Kier molecular flexibility index (Phi) is 2.49. The van der Waals surface area contributed by atoms with Crippen molar-refractivity contribution in [2.24, 2.45) is 7.05 Å². The third kappa shape index (κ3) is 1.75. The van der Waals surface area contributed by atoms with Crippen LogP contribution in [0.1, 0.15) is 25.6 Å². The summed E-state index contributed by atoms with van der Waals surface area (Å²) in [6.07, 6.45) is 3.53. The largest absolute Gasteiger partial charge is 0.314 e. The Morgan fingerprint density at radius 1 is 1.13 bits per heavy atom. The zero-order valence-corrected chi connectivity index (χ0v) is 9.18. The van der Waals surface area contributed by atoms with E-state index in [0.29, 0.717) is 5.92 Å². The summed E-state index contributed by atoms with van der Waals surface area (Å²) < 4.78 is 2.03. The van der Waals surface area contributed by atoms with Gasteiger partial charge >= 0.3 is 0 Å². The third-order valence-corrected chi connectivity index (χ3v) is 2.36. The van der Waals surface area contributed by atoms with Crippen molar-refractivity contribution >= 4 is 0 Å². The van der Waals surface area contributed by atoms with E-state index in [1.54, 1.807) is 12.4 Å². The summed E-state index contributed by atoms with van der Waals surface area (Å²) in [6.45, 7) is 4.22. The first-order valence-corrected chi connectivity index (χ1v) is 5.00. The molecule has 4 heteroatoms. The van der Waals surface area contributed by atoms with Gasteiger partial charge in [-0.3, -0.25) is 4.98 Å². The minimum atomic E-state index is 0.387. The van der Waals surface area contributed by atoms with E-state index in [1.807, 2.05) is 23.7 Å². The highest BCUT2D eigenvalue weighted by atomic mass is 15.3. The standard InChI is InChI=1S/C11H14N4/c1-8(2)10-13-14-11(15(10)3)9-4-6-12-7-5-9/h4-8H,1-3H3. The van der Waals surface area contributed by atoms with Gasteiger partial charge in [0.2, 0.25) is 0 Å². The van der Waals surface area contributed by atoms with Gasteiger partial charge in [0.05, 0.1) is 0 Å². The average Bonchev–Trinajstić information content (AvgIpc) is 2.61. The second kappa shape index (κ2) is 3.81. The van der Waals surface area contributed by atoms with Crippen LogP contribution in [-0.2, 0) is 7.05 Å². The van der Waals surface area contributed by atoms with E-state index >= 15 is 0 Å². The van der Waals surface area contributed by atoms with Crippen LogP contribution >= 0.6 is 0 Å². The SMILES string of the molecule is CC(C)c1nnc(-c2ccncc2)n1C. The molecule has 0 spiro atoms. The van der Waals surface area contributed by atoms with Crippen molar-refractivity contribution in [1.82, 2.24) is 19.7 Å². The maximum atomic E-state index is 4.19. The quantitative estimate of drug-likeness (QED) is 0.748. The lowest BCUT2D eigenvalue weighted by atomic mass is 10.2. The van der Waals surface area contributed by atoms with Crippen LogP contribution in [0.4, 0.5) is 0 Å². The molecule has 2 heterocycles. The summed E-state index contributed by atoms with van der Waals surface area (Å²) in [5.41, 5.74) is 1.05. The van der Waals surface area contributed by atoms with Crippen molar-refractivity contribution in [3.05, 3.63) is 30.4 Å². The van der Waals surface area contributed by atoms with Gasteiger partial charge in [-0.05, 0) is 12.1 Å². The number of aromatic nitrogens is 4. The van der Waals surface area contributed by atoms with Crippen LogP contribution in [0, 0.1) is 0 Å². The molecule has 0 saturated heterocycles. The molecule has 2 aromatic rings. The molecule has 0 saturated carbocycles. The minimum absolute atomic E-state index is 0.387. The molecule has 0 radical (unpaired) electrons. The Morgan fingerprint density at radius 3 is 2.33 bits per heavy atom. The molecule has 0 aliphatic rings. The van der Waals surface area contributed by atoms with E-state index in [4.69, 9.17) is 0 Å². The Morgan fingerprint density at radius 2 is 1.80 bits per heavy atom. The van der Waals surface area contributed by atoms with E-state index in [0.717, 1.165) is 17.2 Å². The molecule has 78 valence electrons. The van der Waals surface area contributed by atoms with E-state index in [2.05, 4.69) is 29.0 Å². The number of hydrogen-bond acceptors (Lipinski definition) is 3. The topological polar surface area (TPSA) is 43.6 Å². The summed E-state index contributed by atoms with van der Waals surface area (Å²) in [7, 11) is 1.99. The maximum absolute atomic E-state index is 4.19. The molecule has 0 aromatic carbocycles. The van der Waals surface area contributed by atoms with Crippen LogP contribution in [0.2, 0.25) is 0 Å². The maximum Gasteiger partial charge on any atom is 0.163 e. The Hall–Kier alpha value is -1.71. The van der Waals surface area contributed by atoms with Crippen LogP contribution in [0.15, 0.2) is 24.5 Å². The predicted molar refractivity (Wildman–Crippen MR) is 58.3 cm³/mol. The van der Waals surface area contributed by atoms with Gasteiger partial charge in [0.15, 0.2) is 5.82 Å². The highest BCUT2D eigenvalue weighted by molar-refractivity contribution is 5.54. The Bertz CT molecular complexity index is 445. The van der Waals surface area contributed by atoms with Crippen molar-refractivity contribution in [3.8, 4) is 11.4 Å². The van der Waals surface area contributed by atoms with Gasteiger partial charge in [-0.2, -0.15) is 0 Å². The normalized spacial score (nSPS) is 10.9. The van der Waals surface area contributed by atoms with Crippen molar-refractivity contribution in [2.75, 3.05) is 0 Å². The van der Waals surface area contributed by atoms with E-state index < -0.39 is 0 Å². The fraction of sp³-hybridized carbons (Fsp3) is 0.364. The van der Waals surface area contributed by atoms with Crippen LogP contribution in [-0.4, -0.2) is 19.7 Å². The monoisotopic (exact) mass is 202 g/mol. The predicted octanol–water partition coefficient (Wildman–Crippen LogP) is 2.00. The minimum Gasteiger partial charge on any atom is -0.314 e. The molecule has 0 bridgehead atoms. The Labute approximate surface area is 89.0 Å². The lowest BCUT2D eigenvalue weighted by molar-refractivity contribution is 0.711. The van der Waals surface area contributed by atoms with Crippen LogP contribution in [0.3, 0.4) is 0 Å². The van der Waals surface area contributed by atoms with Gasteiger partial charge < -0.3 is 4.57 Å². The fourth-order valence-corrected chi connectivity index (χ4v) is 1.60. The second-order valence-electron chi connectivity index (χ2n) is 3.83. The first-order valence-electron chi connectivity index (χ1n) is 5.00. The number of hydrogen-bond donors (Lipinski definition) is 0. The van der Waals surface area contributed by atoms with Crippen LogP contribution in [0.5, 0.6) is 0 Å². The number of nitrogens with zero attached hydrogens (tertiary/aromatic N) is 4. The summed E-state index contributed by atoms with van der Waals surface area (Å²) in [5, 5.41) is 8.38. The first kappa shape index (κ1) is 9.83. The number of pyridine rings is 1. The molecule has 4 nitrogen and oxygen atoms in total. The molecule has 0 amide bonds. The van der Waals surface area contributed by atoms with Gasteiger partial charge in [0, 0.05) is 30.9 Å². The van der Waals surface area contributed by atoms with E-state index in [9.17, 15) is 0 Å². The van der Waals surface area contributed by atoms with Crippen molar-refractivity contribution in [2.45, 2.75) is 19.8 Å². The van der Waals surface area contributed by atoms with Crippen LogP contribution < -0.4 is 0 Å². The lowest BCUT2D eigenvalue weighted by Crippen LogP contribution is -2.01. The van der Waals surface area contributed by atoms with Crippen LogP contribution in [0.25, 0.3) is 11.4 Å². The van der Waals surface area contributed by atoms with Gasteiger partial charge in [0.1, 0.15) is 5.82 Å². The molecule has 0 unspecified atom stereocenters. The zero-order valence-electron chi connectivity index (χ0n) is 9.18. The second-order valence-corrected chi connectivity index (χ2v) is 3.83. The summed E-state index contributed by atoms with van der Waals surface area (Å²) in [5.74, 6) is 2.28. The average molecular weight is 202 g/mol. The van der Waals surface area contributed by atoms with Gasteiger partial charge in [-0.15, -0.1) is 10.2 Å². The van der Waals surface area contributed by atoms with Gasteiger partial charge in [-0.25, -0.2) is 0 Å². The van der Waals surface area contributed by atoms with E-state index in [1.165, 1.54) is 0 Å². The first-order chi connectivity index (χ1) is 7.20. The van der Waals surface area contributed by atoms with Crippen molar-refractivity contribution in [1.29, 1.82) is 0 Å². The molecule has 0 N–H and O–H groups in total. The molecule has 2 rings (SSSR count). The summed E-state index contributed by atoms with van der Waals surface area (Å²) >= 11 is 0. The van der Waals surface area contributed by atoms with Crippen molar-refractivity contribution < 1.29 is 0 Å². The molecule has 0 aliphatic carbocycles. The highest BCUT2D eigenvalue weighted by Gasteiger charge is 2.12. The molecule has 0 fully saturated rings. The lowest BCUT2D eigenvalue weighted by Gasteiger charge is -2.05. The molecular formula is C11H14N4. The summed E-state index contributed by atoms with van der Waals surface area (Å²) in [4.78, 5) is 3.99. The summed E-state index contributed by atoms with van der Waals surface area (Å²) in [6, 6.07) is 3.88. The van der Waals surface area contributed by atoms with Crippen molar-refractivity contribution in [3.63, 3.8) is 0 Å². The third-order valence-electron chi connectivity index (χ3n) is 2.36. The van der Waals surface area contributed by atoms with E-state index in [-0.39, 0.29) is 0 Å². The fourth-order valence-electron chi connectivity index (χ4n) is 1.60.